The number of carbonyl (C=O) groups is 2. The van der Waals surface area contributed by atoms with Crippen molar-refractivity contribution in [2.45, 2.75) is 0 Å². The van der Waals surface area contributed by atoms with Crippen molar-refractivity contribution in [1.29, 1.82) is 0 Å². The van der Waals surface area contributed by atoms with Gasteiger partial charge in [0.2, 0.25) is 0 Å². The molecule has 0 aliphatic rings. The van der Waals surface area contributed by atoms with E-state index in [2.05, 4.69) is 5.32 Å². The first-order chi connectivity index (χ1) is 8.60. The maximum absolute atomic E-state index is 11.7. The summed E-state index contributed by atoms with van der Waals surface area (Å²) in [5.41, 5.74) is 0.427. The zero-order valence-corrected chi connectivity index (χ0v) is 10.3. The quantitative estimate of drug-likeness (QED) is 0.744. The normalized spacial score (nSPS) is 9.72. The van der Waals surface area contributed by atoms with Crippen LogP contribution in [-0.2, 0) is 9.59 Å². The molecule has 1 rings (SSSR count). The largest absolute Gasteiger partial charge is 0.495 e. The molecule has 0 aromatic heterocycles. The Kier molecular flexibility index (Phi) is 5.13. The Labute approximate surface area is 105 Å². The molecule has 0 unspecified atom stereocenters. The summed E-state index contributed by atoms with van der Waals surface area (Å²) in [6, 6.07) is 6.79. The van der Waals surface area contributed by atoms with Gasteiger partial charge in [0, 0.05) is 13.6 Å². The lowest BCUT2D eigenvalue weighted by Gasteiger charge is -2.15. The number of aliphatic hydroxyl groups is 1. The van der Waals surface area contributed by atoms with E-state index < -0.39 is 11.8 Å². The van der Waals surface area contributed by atoms with Crippen LogP contribution in [0.25, 0.3) is 0 Å². The Morgan fingerprint density at radius 3 is 2.67 bits per heavy atom. The monoisotopic (exact) mass is 252 g/mol. The third kappa shape index (κ3) is 3.46. The summed E-state index contributed by atoms with van der Waals surface area (Å²) in [5.74, 6) is -1.01. The molecule has 18 heavy (non-hydrogen) atoms. The highest BCUT2D eigenvalue weighted by molar-refractivity contribution is 6.39. The van der Waals surface area contributed by atoms with Gasteiger partial charge in [0.25, 0.3) is 0 Å². The number of rotatable bonds is 4. The van der Waals surface area contributed by atoms with Crippen LogP contribution in [0.4, 0.5) is 5.69 Å². The van der Waals surface area contributed by atoms with E-state index in [1.54, 1.807) is 24.3 Å². The molecule has 0 aliphatic carbocycles. The van der Waals surface area contributed by atoms with E-state index in [9.17, 15) is 9.59 Å². The lowest BCUT2D eigenvalue weighted by molar-refractivity contribution is -0.142. The highest BCUT2D eigenvalue weighted by Crippen LogP contribution is 2.22. The van der Waals surface area contributed by atoms with Crippen LogP contribution in [0.5, 0.6) is 5.75 Å². The standard InChI is InChI=1S/C12H16N2O4/c1-14(7-8-15)12(17)11(16)13-9-5-3-4-6-10(9)18-2/h3-6,15H,7-8H2,1-2H3,(H,13,16). The van der Waals surface area contributed by atoms with Crippen LogP contribution in [0.15, 0.2) is 24.3 Å². The number of likely N-dealkylation sites (N-methyl/N-ethyl adjacent to an activating group) is 1. The summed E-state index contributed by atoms with van der Waals surface area (Å²) in [6.45, 7) is -0.0810. The van der Waals surface area contributed by atoms with Crippen LogP contribution in [0.3, 0.4) is 0 Å². The van der Waals surface area contributed by atoms with Crippen molar-refractivity contribution in [3.8, 4) is 5.75 Å². The third-order valence-electron chi connectivity index (χ3n) is 2.33. The average molecular weight is 252 g/mol. The SMILES string of the molecule is COc1ccccc1NC(=O)C(=O)N(C)CCO. The number of anilines is 1. The second-order valence-electron chi connectivity index (χ2n) is 3.60. The van der Waals surface area contributed by atoms with Crippen molar-refractivity contribution in [1.82, 2.24) is 4.90 Å². The van der Waals surface area contributed by atoms with Crippen molar-refractivity contribution in [3.63, 3.8) is 0 Å². The van der Waals surface area contributed by atoms with E-state index in [0.29, 0.717) is 11.4 Å². The van der Waals surface area contributed by atoms with Gasteiger partial charge in [-0.2, -0.15) is 0 Å². The van der Waals surface area contributed by atoms with Gasteiger partial charge in [0.1, 0.15) is 5.75 Å². The lowest BCUT2D eigenvalue weighted by atomic mass is 10.3. The summed E-state index contributed by atoms with van der Waals surface area (Å²) in [5, 5.41) is 11.2. The van der Waals surface area contributed by atoms with Crippen LogP contribution in [0.2, 0.25) is 0 Å². The Bertz CT molecular complexity index is 434. The predicted molar refractivity (Wildman–Crippen MR) is 66.3 cm³/mol. The van der Waals surface area contributed by atoms with Gasteiger partial charge in [-0.05, 0) is 12.1 Å². The molecular weight excluding hydrogens is 236 g/mol. The van der Waals surface area contributed by atoms with Crippen LogP contribution < -0.4 is 10.1 Å². The Morgan fingerprint density at radius 2 is 2.06 bits per heavy atom. The van der Waals surface area contributed by atoms with Gasteiger partial charge in [-0.3, -0.25) is 9.59 Å². The number of carbonyl (C=O) groups excluding carboxylic acids is 2. The first-order valence-electron chi connectivity index (χ1n) is 5.40. The molecule has 2 amide bonds. The molecule has 0 saturated heterocycles. The molecule has 0 fully saturated rings. The number of aliphatic hydroxyl groups excluding tert-OH is 1. The number of benzene rings is 1. The Hall–Kier alpha value is -2.08. The molecule has 6 nitrogen and oxygen atoms in total. The van der Waals surface area contributed by atoms with E-state index in [1.165, 1.54) is 14.2 Å². The fourth-order valence-corrected chi connectivity index (χ4v) is 1.35. The first kappa shape index (κ1) is 14.0. The predicted octanol–water partition coefficient (Wildman–Crippen LogP) is 0.0844. The number of nitrogens with one attached hydrogen (secondary N) is 1. The van der Waals surface area contributed by atoms with E-state index in [0.717, 1.165) is 4.90 Å². The fourth-order valence-electron chi connectivity index (χ4n) is 1.35. The molecule has 6 heteroatoms. The van der Waals surface area contributed by atoms with Crippen molar-refractivity contribution in [2.75, 3.05) is 32.6 Å². The molecule has 0 heterocycles. The first-order valence-corrected chi connectivity index (χ1v) is 5.40. The maximum atomic E-state index is 11.7. The summed E-state index contributed by atoms with van der Waals surface area (Å²) < 4.78 is 5.05. The number of hydrogen-bond donors (Lipinski definition) is 2. The Balaban J connectivity index is 2.72. The molecule has 1 aromatic carbocycles. The molecule has 0 atom stereocenters. The highest BCUT2D eigenvalue weighted by atomic mass is 16.5. The van der Waals surface area contributed by atoms with Gasteiger partial charge in [-0.1, -0.05) is 12.1 Å². The van der Waals surface area contributed by atoms with E-state index in [-0.39, 0.29) is 13.2 Å². The van der Waals surface area contributed by atoms with Crippen molar-refractivity contribution in [2.24, 2.45) is 0 Å². The van der Waals surface area contributed by atoms with Gasteiger partial charge in [-0.25, -0.2) is 0 Å². The smallest absolute Gasteiger partial charge is 0.313 e. The average Bonchev–Trinajstić information content (AvgIpc) is 2.38. The van der Waals surface area contributed by atoms with Gasteiger partial charge in [0.15, 0.2) is 0 Å². The summed E-state index contributed by atoms with van der Waals surface area (Å²) >= 11 is 0. The molecule has 0 radical (unpaired) electrons. The van der Waals surface area contributed by atoms with Crippen LogP contribution >= 0.6 is 0 Å². The third-order valence-corrected chi connectivity index (χ3v) is 2.33. The zero-order valence-electron chi connectivity index (χ0n) is 10.3. The van der Waals surface area contributed by atoms with Crippen molar-refractivity contribution in [3.05, 3.63) is 24.3 Å². The summed E-state index contributed by atoms with van der Waals surface area (Å²) in [4.78, 5) is 24.4. The number of nitrogens with zero attached hydrogens (tertiary/aromatic N) is 1. The molecule has 1 aromatic rings. The minimum Gasteiger partial charge on any atom is -0.495 e. The minimum absolute atomic E-state index is 0.109. The van der Waals surface area contributed by atoms with E-state index >= 15 is 0 Å². The van der Waals surface area contributed by atoms with Gasteiger partial charge < -0.3 is 20.1 Å². The molecule has 0 bridgehead atoms. The number of methoxy groups -OCH3 is 1. The molecule has 98 valence electrons. The fraction of sp³-hybridized carbons (Fsp3) is 0.333. The second kappa shape index (κ2) is 6.61. The molecule has 0 aliphatic heterocycles. The Morgan fingerprint density at radius 1 is 1.39 bits per heavy atom. The van der Waals surface area contributed by atoms with Crippen molar-refractivity contribution >= 4 is 17.5 Å². The van der Waals surface area contributed by atoms with E-state index in [1.807, 2.05) is 0 Å². The van der Waals surface area contributed by atoms with Crippen LogP contribution in [0.1, 0.15) is 0 Å². The number of para-hydroxylation sites is 2. The maximum Gasteiger partial charge on any atom is 0.313 e. The zero-order chi connectivity index (χ0) is 13.5. The molecule has 0 saturated carbocycles. The van der Waals surface area contributed by atoms with Crippen molar-refractivity contribution < 1.29 is 19.4 Å². The number of hydrogen-bond acceptors (Lipinski definition) is 4. The molecule has 0 spiro atoms. The number of ether oxygens (including phenoxy) is 1. The summed E-state index contributed by atoms with van der Waals surface area (Å²) in [7, 11) is 2.92. The number of amides is 2. The lowest BCUT2D eigenvalue weighted by Crippen LogP contribution is -2.38. The molecule has 2 N–H and O–H groups in total. The second-order valence-corrected chi connectivity index (χ2v) is 3.60. The van der Waals surface area contributed by atoms with Gasteiger partial charge in [-0.15, -0.1) is 0 Å². The minimum atomic E-state index is -0.768. The topological polar surface area (TPSA) is 78.9 Å². The van der Waals surface area contributed by atoms with Crippen LogP contribution in [0, 0.1) is 0 Å². The van der Waals surface area contributed by atoms with Gasteiger partial charge >= 0.3 is 11.8 Å². The van der Waals surface area contributed by atoms with Gasteiger partial charge in [0.05, 0.1) is 19.4 Å². The molecular formula is C12H16N2O4. The summed E-state index contributed by atoms with van der Waals surface area (Å²) in [6.07, 6.45) is 0. The highest BCUT2D eigenvalue weighted by Gasteiger charge is 2.19. The van der Waals surface area contributed by atoms with E-state index in [4.69, 9.17) is 9.84 Å². The van der Waals surface area contributed by atoms with Crippen LogP contribution in [-0.4, -0.2) is 49.1 Å².